The van der Waals surface area contributed by atoms with E-state index in [-0.39, 0.29) is 40.6 Å². The van der Waals surface area contributed by atoms with Gasteiger partial charge >= 0.3 is 0 Å². The predicted octanol–water partition coefficient (Wildman–Crippen LogP) is 1.44. The Balaban J connectivity index is 1.78. The van der Waals surface area contributed by atoms with Crippen molar-refractivity contribution in [3.63, 3.8) is 0 Å². The third-order valence-electron chi connectivity index (χ3n) is 3.30. The summed E-state index contributed by atoms with van der Waals surface area (Å²) in [7, 11) is -2.94. The third-order valence-corrected chi connectivity index (χ3v) is 5.46. The summed E-state index contributed by atoms with van der Waals surface area (Å²) in [6.07, 6.45) is 0.565. The molecule has 1 aliphatic rings. The highest BCUT2D eigenvalue weighted by molar-refractivity contribution is 7.91. The van der Waals surface area contributed by atoms with Gasteiger partial charge in [0.05, 0.1) is 28.8 Å². The molecule has 1 amide bonds. The van der Waals surface area contributed by atoms with Crippen LogP contribution in [-0.2, 0) is 14.6 Å². The van der Waals surface area contributed by atoms with Crippen molar-refractivity contribution in [3.8, 4) is 0 Å². The Kier molecular flexibility index (Phi) is 5.05. The first kappa shape index (κ1) is 16.0. The maximum Gasteiger partial charge on any atom is 0.239 e. The zero-order valence-corrected chi connectivity index (χ0v) is 12.8. The standard InChI is InChI=1S/C13H16ClFN2O3S/c14-10-2-1-3-11(15)13(10)17-7-12(18)16-6-9-4-5-21(19,20)8-9/h1-3,9,17H,4-8H2,(H,16,18). The van der Waals surface area contributed by atoms with Crippen LogP contribution in [0.3, 0.4) is 0 Å². The number of anilines is 1. The quantitative estimate of drug-likeness (QED) is 0.854. The normalized spacial score (nSPS) is 20.2. The van der Waals surface area contributed by atoms with E-state index in [0.29, 0.717) is 13.0 Å². The zero-order chi connectivity index (χ0) is 15.5. The number of para-hydroxylation sites is 1. The summed E-state index contributed by atoms with van der Waals surface area (Å²) in [6.45, 7) is 0.185. The molecule has 1 heterocycles. The molecule has 0 aromatic heterocycles. The molecule has 1 saturated heterocycles. The van der Waals surface area contributed by atoms with Crippen LogP contribution in [0.5, 0.6) is 0 Å². The SMILES string of the molecule is O=C(CNc1c(F)cccc1Cl)NCC1CCS(=O)(=O)C1. The number of carbonyl (C=O) groups excluding carboxylic acids is 1. The molecule has 1 aliphatic heterocycles. The molecule has 2 rings (SSSR count). The van der Waals surface area contributed by atoms with Crippen LogP contribution in [0, 0.1) is 11.7 Å². The van der Waals surface area contributed by atoms with E-state index in [0.717, 1.165) is 0 Å². The Morgan fingerprint density at radius 1 is 1.43 bits per heavy atom. The van der Waals surface area contributed by atoms with Gasteiger partial charge in [0.1, 0.15) is 5.82 Å². The molecule has 1 fully saturated rings. The number of benzene rings is 1. The van der Waals surface area contributed by atoms with Gasteiger partial charge in [0.15, 0.2) is 9.84 Å². The molecule has 8 heteroatoms. The molecule has 1 atom stereocenters. The van der Waals surface area contributed by atoms with E-state index in [1.807, 2.05) is 0 Å². The molecule has 116 valence electrons. The van der Waals surface area contributed by atoms with Gasteiger partial charge in [-0.25, -0.2) is 12.8 Å². The van der Waals surface area contributed by atoms with Crippen molar-refractivity contribution in [1.82, 2.24) is 5.32 Å². The number of carbonyl (C=O) groups is 1. The van der Waals surface area contributed by atoms with E-state index >= 15 is 0 Å². The molecule has 0 aliphatic carbocycles. The van der Waals surface area contributed by atoms with E-state index < -0.39 is 15.7 Å². The molecular formula is C13H16ClFN2O3S. The van der Waals surface area contributed by atoms with E-state index in [2.05, 4.69) is 10.6 Å². The van der Waals surface area contributed by atoms with Gasteiger partial charge in [-0.05, 0) is 24.5 Å². The fourth-order valence-corrected chi connectivity index (χ4v) is 4.28. The summed E-state index contributed by atoms with van der Waals surface area (Å²) in [5.41, 5.74) is 0.0813. The molecule has 0 radical (unpaired) electrons. The van der Waals surface area contributed by atoms with Gasteiger partial charge < -0.3 is 10.6 Å². The molecule has 1 aromatic rings. The number of sulfone groups is 1. The first-order valence-electron chi connectivity index (χ1n) is 6.52. The van der Waals surface area contributed by atoms with Crippen molar-refractivity contribution >= 4 is 33.0 Å². The lowest BCUT2D eigenvalue weighted by Gasteiger charge is -2.12. The number of amides is 1. The summed E-state index contributed by atoms with van der Waals surface area (Å²) in [4.78, 5) is 11.7. The first-order chi connectivity index (χ1) is 9.87. The maximum atomic E-state index is 13.5. The van der Waals surface area contributed by atoms with Crippen molar-refractivity contribution in [2.24, 2.45) is 5.92 Å². The molecule has 0 saturated carbocycles. The van der Waals surface area contributed by atoms with Crippen LogP contribution in [0.4, 0.5) is 10.1 Å². The first-order valence-corrected chi connectivity index (χ1v) is 8.72. The van der Waals surface area contributed by atoms with Gasteiger partial charge in [0.2, 0.25) is 5.91 Å². The second kappa shape index (κ2) is 6.62. The summed E-state index contributed by atoms with van der Waals surface area (Å²) in [5.74, 6) is -0.622. The highest BCUT2D eigenvalue weighted by Gasteiger charge is 2.27. The minimum absolute atomic E-state index is 0.0454. The van der Waals surface area contributed by atoms with Gasteiger partial charge in [-0.2, -0.15) is 0 Å². The van der Waals surface area contributed by atoms with Gasteiger partial charge in [-0.1, -0.05) is 17.7 Å². The molecule has 0 bridgehead atoms. The van der Waals surface area contributed by atoms with Gasteiger partial charge in [0, 0.05) is 6.54 Å². The molecule has 1 aromatic carbocycles. The minimum atomic E-state index is -2.94. The fourth-order valence-electron chi connectivity index (χ4n) is 2.19. The Morgan fingerprint density at radius 2 is 2.19 bits per heavy atom. The number of hydrogen-bond acceptors (Lipinski definition) is 4. The van der Waals surface area contributed by atoms with E-state index in [4.69, 9.17) is 11.6 Å². The second-order valence-electron chi connectivity index (χ2n) is 5.02. The van der Waals surface area contributed by atoms with Crippen molar-refractivity contribution < 1.29 is 17.6 Å². The maximum absolute atomic E-state index is 13.5. The highest BCUT2D eigenvalue weighted by Crippen LogP contribution is 2.24. The Labute approximate surface area is 127 Å². The molecular weight excluding hydrogens is 319 g/mol. The number of hydrogen-bond donors (Lipinski definition) is 2. The molecule has 2 N–H and O–H groups in total. The molecule has 5 nitrogen and oxygen atoms in total. The Hall–Kier alpha value is -1.34. The highest BCUT2D eigenvalue weighted by atomic mass is 35.5. The zero-order valence-electron chi connectivity index (χ0n) is 11.2. The van der Waals surface area contributed by atoms with Crippen molar-refractivity contribution in [2.75, 3.05) is 29.9 Å². The summed E-state index contributed by atoms with van der Waals surface area (Å²) >= 11 is 5.82. The second-order valence-corrected chi connectivity index (χ2v) is 7.66. The van der Waals surface area contributed by atoms with Crippen molar-refractivity contribution in [1.29, 1.82) is 0 Å². The topological polar surface area (TPSA) is 75.3 Å². The van der Waals surface area contributed by atoms with Crippen LogP contribution in [0.2, 0.25) is 5.02 Å². The fraction of sp³-hybridized carbons (Fsp3) is 0.462. The largest absolute Gasteiger partial charge is 0.373 e. The van der Waals surface area contributed by atoms with Crippen molar-refractivity contribution in [2.45, 2.75) is 6.42 Å². The smallest absolute Gasteiger partial charge is 0.239 e. The predicted molar refractivity (Wildman–Crippen MR) is 79.7 cm³/mol. The van der Waals surface area contributed by atoms with Gasteiger partial charge in [-0.3, -0.25) is 4.79 Å². The number of rotatable bonds is 5. The van der Waals surface area contributed by atoms with Gasteiger partial charge in [0.25, 0.3) is 0 Å². The third kappa shape index (κ3) is 4.57. The minimum Gasteiger partial charge on any atom is -0.373 e. The lowest BCUT2D eigenvalue weighted by Crippen LogP contribution is -2.34. The lowest BCUT2D eigenvalue weighted by molar-refractivity contribution is -0.119. The number of halogens is 2. The van der Waals surface area contributed by atoms with Crippen LogP contribution in [0.15, 0.2) is 18.2 Å². The van der Waals surface area contributed by atoms with E-state index in [9.17, 15) is 17.6 Å². The average molecular weight is 335 g/mol. The Morgan fingerprint density at radius 3 is 2.81 bits per heavy atom. The summed E-state index contributed by atoms with van der Waals surface area (Å²) < 4.78 is 36.1. The number of nitrogens with one attached hydrogen (secondary N) is 2. The molecule has 21 heavy (non-hydrogen) atoms. The van der Waals surface area contributed by atoms with Crippen molar-refractivity contribution in [3.05, 3.63) is 29.0 Å². The summed E-state index contributed by atoms with van der Waals surface area (Å²) in [5, 5.41) is 5.47. The average Bonchev–Trinajstić information content (AvgIpc) is 2.75. The van der Waals surface area contributed by atoms with E-state index in [1.54, 1.807) is 0 Å². The Bertz CT molecular complexity index is 616. The van der Waals surface area contributed by atoms with Crippen LogP contribution in [0.1, 0.15) is 6.42 Å². The van der Waals surface area contributed by atoms with Crippen LogP contribution in [0.25, 0.3) is 0 Å². The summed E-state index contributed by atoms with van der Waals surface area (Å²) in [6, 6.07) is 4.24. The molecule has 0 spiro atoms. The monoisotopic (exact) mass is 334 g/mol. The van der Waals surface area contributed by atoms with Crippen LogP contribution in [-0.4, -0.2) is 38.9 Å². The van der Waals surface area contributed by atoms with Crippen LogP contribution < -0.4 is 10.6 Å². The lowest BCUT2D eigenvalue weighted by atomic mass is 10.1. The van der Waals surface area contributed by atoms with Gasteiger partial charge in [-0.15, -0.1) is 0 Å². The van der Waals surface area contributed by atoms with Crippen LogP contribution >= 0.6 is 11.6 Å². The van der Waals surface area contributed by atoms with E-state index in [1.165, 1.54) is 18.2 Å². The molecule has 1 unspecified atom stereocenters.